The number of thiocarbonyl (C=S) groups is 1. The summed E-state index contributed by atoms with van der Waals surface area (Å²) in [5.74, 6) is 2.89. The standard InChI is InChI=1S/C15H28N2OS/c1-3-18-8-4-7-16-15(19)17(2)11-14-10-12-5-6-13(14)9-12/h12-14H,3-11H2,1-2H3,(H,16,19). The molecule has 3 atom stereocenters. The van der Waals surface area contributed by atoms with E-state index in [1.54, 1.807) is 0 Å². The van der Waals surface area contributed by atoms with Crippen molar-refractivity contribution in [2.45, 2.75) is 39.0 Å². The number of hydrogen-bond donors (Lipinski definition) is 1. The maximum atomic E-state index is 5.45. The van der Waals surface area contributed by atoms with Gasteiger partial charge in [0.05, 0.1) is 0 Å². The van der Waals surface area contributed by atoms with Gasteiger partial charge in [0.2, 0.25) is 0 Å². The van der Waals surface area contributed by atoms with Crippen molar-refractivity contribution in [2.75, 3.05) is 33.4 Å². The predicted molar refractivity (Wildman–Crippen MR) is 83.3 cm³/mol. The number of nitrogens with one attached hydrogen (secondary N) is 1. The van der Waals surface area contributed by atoms with Crippen molar-refractivity contribution < 1.29 is 4.74 Å². The smallest absolute Gasteiger partial charge is 0.168 e. The molecule has 0 amide bonds. The van der Waals surface area contributed by atoms with Gasteiger partial charge in [0.1, 0.15) is 0 Å². The van der Waals surface area contributed by atoms with Crippen molar-refractivity contribution in [3.8, 4) is 0 Å². The van der Waals surface area contributed by atoms with Crippen molar-refractivity contribution in [1.82, 2.24) is 10.2 Å². The molecule has 2 aliphatic rings. The Morgan fingerprint density at radius 2 is 2.21 bits per heavy atom. The summed E-state index contributed by atoms with van der Waals surface area (Å²) in [7, 11) is 2.13. The van der Waals surface area contributed by atoms with Crippen LogP contribution >= 0.6 is 12.2 Å². The largest absolute Gasteiger partial charge is 0.382 e. The Balaban J connectivity index is 1.60. The lowest BCUT2D eigenvalue weighted by Gasteiger charge is -2.29. The highest BCUT2D eigenvalue weighted by molar-refractivity contribution is 7.80. The Kier molecular flexibility index (Phi) is 5.89. The molecule has 2 aliphatic carbocycles. The lowest BCUT2D eigenvalue weighted by Crippen LogP contribution is -2.41. The highest BCUT2D eigenvalue weighted by Gasteiger charge is 2.39. The van der Waals surface area contributed by atoms with Gasteiger partial charge in [-0.05, 0) is 62.6 Å². The monoisotopic (exact) mass is 284 g/mol. The van der Waals surface area contributed by atoms with Crippen LogP contribution in [0.4, 0.5) is 0 Å². The zero-order valence-corrected chi connectivity index (χ0v) is 13.2. The second kappa shape index (κ2) is 7.44. The molecule has 0 heterocycles. The molecular weight excluding hydrogens is 256 g/mol. The van der Waals surface area contributed by atoms with E-state index in [1.165, 1.54) is 25.7 Å². The van der Waals surface area contributed by atoms with Crippen LogP contribution in [0.1, 0.15) is 39.0 Å². The first-order valence-electron chi connectivity index (χ1n) is 7.77. The minimum absolute atomic E-state index is 0.800. The molecular formula is C15H28N2OS. The normalized spacial score (nSPS) is 28.6. The summed E-state index contributed by atoms with van der Waals surface area (Å²) in [6.07, 6.45) is 6.87. The third kappa shape index (κ3) is 4.32. The second-order valence-electron chi connectivity index (χ2n) is 6.10. The van der Waals surface area contributed by atoms with Gasteiger partial charge in [-0.2, -0.15) is 0 Å². The Morgan fingerprint density at radius 1 is 1.37 bits per heavy atom. The first-order chi connectivity index (χ1) is 9.20. The summed E-state index contributed by atoms with van der Waals surface area (Å²) in [4.78, 5) is 2.24. The molecule has 110 valence electrons. The number of hydrogen-bond acceptors (Lipinski definition) is 2. The maximum absolute atomic E-state index is 5.45. The Hall–Kier alpha value is -0.350. The molecule has 2 fully saturated rings. The summed E-state index contributed by atoms with van der Waals surface area (Å²) in [5, 5.41) is 4.24. The van der Waals surface area contributed by atoms with Gasteiger partial charge in [-0.1, -0.05) is 6.42 Å². The van der Waals surface area contributed by atoms with Crippen LogP contribution in [0.25, 0.3) is 0 Å². The van der Waals surface area contributed by atoms with Crippen LogP contribution in [0.3, 0.4) is 0 Å². The molecule has 2 saturated carbocycles. The Bertz CT molecular complexity index is 298. The van der Waals surface area contributed by atoms with Crippen molar-refractivity contribution in [3.63, 3.8) is 0 Å². The third-order valence-corrected chi connectivity index (χ3v) is 5.14. The molecule has 2 bridgehead atoms. The van der Waals surface area contributed by atoms with E-state index in [1.807, 2.05) is 6.92 Å². The average molecular weight is 284 g/mol. The van der Waals surface area contributed by atoms with E-state index in [4.69, 9.17) is 17.0 Å². The summed E-state index contributed by atoms with van der Waals surface area (Å²) < 4.78 is 5.32. The fraction of sp³-hybridized carbons (Fsp3) is 0.933. The van der Waals surface area contributed by atoms with Gasteiger partial charge in [-0.25, -0.2) is 0 Å². The number of ether oxygens (including phenoxy) is 1. The molecule has 3 nitrogen and oxygen atoms in total. The van der Waals surface area contributed by atoms with Gasteiger partial charge in [-0.3, -0.25) is 0 Å². The first-order valence-corrected chi connectivity index (χ1v) is 8.18. The molecule has 2 rings (SSSR count). The highest BCUT2D eigenvalue weighted by atomic mass is 32.1. The van der Waals surface area contributed by atoms with Gasteiger partial charge < -0.3 is 15.0 Å². The van der Waals surface area contributed by atoms with Crippen molar-refractivity contribution >= 4 is 17.3 Å². The average Bonchev–Trinajstić information content (AvgIpc) is 3.00. The molecule has 0 spiro atoms. The highest BCUT2D eigenvalue weighted by Crippen LogP contribution is 2.48. The lowest BCUT2D eigenvalue weighted by atomic mass is 9.88. The van der Waals surface area contributed by atoms with Crippen molar-refractivity contribution in [2.24, 2.45) is 17.8 Å². The number of fused-ring (bicyclic) bond motifs is 2. The first kappa shape index (κ1) is 15.0. The number of nitrogens with zero attached hydrogens (tertiary/aromatic N) is 1. The lowest BCUT2D eigenvalue weighted by molar-refractivity contribution is 0.145. The quantitative estimate of drug-likeness (QED) is 0.574. The zero-order chi connectivity index (χ0) is 13.7. The molecule has 19 heavy (non-hydrogen) atoms. The predicted octanol–water partition coefficient (Wildman–Crippen LogP) is 2.66. The summed E-state index contributed by atoms with van der Waals surface area (Å²) in [5.41, 5.74) is 0. The van der Waals surface area contributed by atoms with Crippen LogP contribution in [0, 0.1) is 17.8 Å². The molecule has 3 unspecified atom stereocenters. The van der Waals surface area contributed by atoms with Crippen LogP contribution in [0.15, 0.2) is 0 Å². The minimum atomic E-state index is 0.800. The molecule has 4 heteroatoms. The molecule has 0 aliphatic heterocycles. The minimum Gasteiger partial charge on any atom is -0.382 e. The van der Waals surface area contributed by atoms with Crippen LogP contribution in [0.2, 0.25) is 0 Å². The maximum Gasteiger partial charge on any atom is 0.168 e. The summed E-state index contributed by atoms with van der Waals surface area (Å²) in [6.45, 7) is 5.70. The van der Waals surface area contributed by atoms with Crippen LogP contribution < -0.4 is 5.32 Å². The van der Waals surface area contributed by atoms with Crippen molar-refractivity contribution in [3.05, 3.63) is 0 Å². The van der Waals surface area contributed by atoms with Gasteiger partial charge in [0.15, 0.2) is 5.11 Å². The molecule has 0 radical (unpaired) electrons. The van der Waals surface area contributed by atoms with Gasteiger partial charge in [0.25, 0.3) is 0 Å². The van der Waals surface area contributed by atoms with E-state index in [0.717, 1.165) is 55.6 Å². The molecule has 1 N–H and O–H groups in total. The topological polar surface area (TPSA) is 24.5 Å². The van der Waals surface area contributed by atoms with E-state index >= 15 is 0 Å². The molecule has 0 aromatic heterocycles. The molecule has 0 aromatic carbocycles. The Labute approximate surface area is 123 Å². The van der Waals surface area contributed by atoms with E-state index in [0.29, 0.717) is 0 Å². The SMILES string of the molecule is CCOCCCNC(=S)N(C)CC1CC2CCC1C2. The zero-order valence-electron chi connectivity index (χ0n) is 12.4. The van der Waals surface area contributed by atoms with Crippen LogP contribution in [-0.4, -0.2) is 43.4 Å². The van der Waals surface area contributed by atoms with Gasteiger partial charge >= 0.3 is 0 Å². The summed E-state index contributed by atoms with van der Waals surface area (Å²) in [6, 6.07) is 0. The van der Waals surface area contributed by atoms with Crippen LogP contribution in [0.5, 0.6) is 0 Å². The van der Waals surface area contributed by atoms with Gasteiger partial charge in [0, 0.05) is 33.4 Å². The van der Waals surface area contributed by atoms with E-state index < -0.39 is 0 Å². The molecule has 0 saturated heterocycles. The third-order valence-electron chi connectivity index (χ3n) is 4.69. The fourth-order valence-corrected chi connectivity index (χ4v) is 3.86. The fourth-order valence-electron chi connectivity index (χ4n) is 3.68. The van der Waals surface area contributed by atoms with Crippen molar-refractivity contribution in [1.29, 1.82) is 0 Å². The van der Waals surface area contributed by atoms with E-state index in [9.17, 15) is 0 Å². The molecule has 0 aromatic rings. The van der Waals surface area contributed by atoms with Gasteiger partial charge in [-0.15, -0.1) is 0 Å². The van der Waals surface area contributed by atoms with E-state index in [-0.39, 0.29) is 0 Å². The number of rotatable bonds is 7. The second-order valence-corrected chi connectivity index (χ2v) is 6.48. The summed E-state index contributed by atoms with van der Waals surface area (Å²) >= 11 is 5.45. The van der Waals surface area contributed by atoms with E-state index in [2.05, 4.69) is 17.3 Å². The van der Waals surface area contributed by atoms with Crippen LogP contribution in [-0.2, 0) is 4.74 Å². The Morgan fingerprint density at radius 3 is 2.84 bits per heavy atom.